The maximum atomic E-state index is 13.0. The minimum Gasteiger partial charge on any atom is -0.381 e. The Bertz CT molecular complexity index is 857. The SMILES string of the molecule is Cc1cccc(C(=O)N2Cc3ccnn3[C@H](C(=O)NCC3CCOCC3)C2)c1. The Morgan fingerprint density at radius 1 is 1.25 bits per heavy atom. The first-order valence-electron chi connectivity index (χ1n) is 9.85. The van der Waals surface area contributed by atoms with E-state index >= 15 is 0 Å². The fourth-order valence-corrected chi connectivity index (χ4v) is 3.92. The molecule has 28 heavy (non-hydrogen) atoms. The maximum Gasteiger partial charge on any atom is 0.254 e. The lowest BCUT2D eigenvalue weighted by Gasteiger charge is -2.33. The fraction of sp³-hybridized carbons (Fsp3) is 0.476. The van der Waals surface area contributed by atoms with Crippen molar-refractivity contribution in [3.8, 4) is 0 Å². The van der Waals surface area contributed by atoms with Gasteiger partial charge in [0.15, 0.2) is 0 Å². The van der Waals surface area contributed by atoms with E-state index in [9.17, 15) is 9.59 Å². The van der Waals surface area contributed by atoms with E-state index in [1.54, 1.807) is 15.8 Å². The van der Waals surface area contributed by atoms with Crippen molar-refractivity contribution in [3.05, 3.63) is 53.3 Å². The van der Waals surface area contributed by atoms with Crippen LogP contribution >= 0.6 is 0 Å². The third-order valence-electron chi connectivity index (χ3n) is 5.55. The third-order valence-corrected chi connectivity index (χ3v) is 5.55. The summed E-state index contributed by atoms with van der Waals surface area (Å²) in [6.07, 6.45) is 3.63. The van der Waals surface area contributed by atoms with Crippen molar-refractivity contribution in [1.82, 2.24) is 20.0 Å². The van der Waals surface area contributed by atoms with Gasteiger partial charge in [-0.3, -0.25) is 14.3 Å². The van der Waals surface area contributed by atoms with Gasteiger partial charge in [0.2, 0.25) is 5.91 Å². The second kappa shape index (κ2) is 8.14. The molecule has 4 rings (SSSR count). The molecule has 1 aromatic carbocycles. The average Bonchev–Trinajstić information content (AvgIpc) is 3.20. The summed E-state index contributed by atoms with van der Waals surface area (Å²) in [7, 11) is 0. The van der Waals surface area contributed by atoms with Gasteiger partial charge in [0.05, 0.1) is 18.8 Å². The highest BCUT2D eigenvalue weighted by Crippen LogP contribution is 2.23. The number of carbonyl (C=O) groups excluding carboxylic acids is 2. The Labute approximate surface area is 164 Å². The number of aromatic nitrogens is 2. The molecule has 2 aliphatic rings. The summed E-state index contributed by atoms with van der Waals surface area (Å²) in [6, 6.07) is 8.92. The Hall–Kier alpha value is -2.67. The van der Waals surface area contributed by atoms with E-state index in [0.29, 0.717) is 31.1 Å². The van der Waals surface area contributed by atoms with Gasteiger partial charge in [-0.05, 0) is 43.9 Å². The number of carbonyl (C=O) groups is 2. The van der Waals surface area contributed by atoms with E-state index in [1.165, 1.54) is 0 Å². The number of benzene rings is 1. The van der Waals surface area contributed by atoms with E-state index < -0.39 is 6.04 Å². The van der Waals surface area contributed by atoms with Crippen LogP contribution < -0.4 is 5.32 Å². The molecule has 0 unspecified atom stereocenters. The molecule has 1 aromatic heterocycles. The predicted molar refractivity (Wildman–Crippen MR) is 104 cm³/mol. The van der Waals surface area contributed by atoms with Crippen LogP contribution in [0.2, 0.25) is 0 Å². The molecule has 3 heterocycles. The monoisotopic (exact) mass is 382 g/mol. The number of nitrogens with zero attached hydrogens (tertiary/aromatic N) is 3. The molecular formula is C21H26N4O3. The largest absolute Gasteiger partial charge is 0.381 e. The molecule has 0 spiro atoms. The highest BCUT2D eigenvalue weighted by atomic mass is 16.5. The molecule has 1 saturated heterocycles. The molecule has 7 heteroatoms. The van der Waals surface area contributed by atoms with Gasteiger partial charge in [-0.1, -0.05) is 17.7 Å². The summed E-state index contributed by atoms with van der Waals surface area (Å²) >= 11 is 0. The van der Waals surface area contributed by atoms with Crippen molar-refractivity contribution < 1.29 is 14.3 Å². The highest BCUT2D eigenvalue weighted by Gasteiger charge is 2.33. The lowest BCUT2D eigenvalue weighted by molar-refractivity contribution is -0.126. The lowest BCUT2D eigenvalue weighted by Crippen LogP contribution is -2.47. The van der Waals surface area contributed by atoms with Crippen LogP contribution in [0.5, 0.6) is 0 Å². The zero-order valence-corrected chi connectivity index (χ0v) is 16.1. The summed E-state index contributed by atoms with van der Waals surface area (Å²) in [5, 5.41) is 7.40. The van der Waals surface area contributed by atoms with Crippen LogP contribution in [0, 0.1) is 12.8 Å². The van der Waals surface area contributed by atoms with Crippen LogP contribution in [-0.2, 0) is 16.1 Å². The van der Waals surface area contributed by atoms with E-state index in [2.05, 4.69) is 10.4 Å². The van der Waals surface area contributed by atoms with E-state index in [4.69, 9.17) is 4.74 Å². The highest BCUT2D eigenvalue weighted by molar-refractivity contribution is 5.95. The second-order valence-corrected chi connectivity index (χ2v) is 7.64. The first-order chi connectivity index (χ1) is 13.6. The van der Waals surface area contributed by atoms with Gasteiger partial charge >= 0.3 is 0 Å². The molecule has 1 fully saturated rings. The van der Waals surface area contributed by atoms with Crippen LogP contribution in [0.1, 0.15) is 40.5 Å². The van der Waals surface area contributed by atoms with Crippen LogP contribution in [-0.4, -0.2) is 52.8 Å². The molecule has 1 N–H and O–H groups in total. The van der Waals surface area contributed by atoms with Crippen molar-refractivity contribution in [3.63, 3.8) is 0 Å². The van der Waals surface area contributed by atoms with Gasteiger partial charge in [-0.15, -0.1) is 0 Å². The fourth-order valence-electron chi connectivity index (χ4n) is 3.92. The normalized spacial score (nSPS) is 19.9. The quantitative estimate of drug-likeness (QED) is 0.877. The minimum atomic E-state index is -0.507. The molecule has 148 valence electrons. The molecule has 0 saturated carbocycles. The van der Waals surface area contributed by atoms with Gasteiger partial charge in [0.1, 0.15) is 6.04 Å². The summed E-state index contributed by atoms with van der Waals surface area (Å²) in [4.78, 5) is 27.7. The summed E-state index contributed by atoms with van der Waals surface area (Å²) < 4.78 is 7.13. The molecule has 2 aliphatic heterocycles. The predicted octanol–water partition coefficient (Wildman–Crippen LogP) is 1.93. The molecule has 2 amide bonds. The molecule has 0 radical (unpaired) electrons. The summed E-state index contributed by atoms with van der Waals surface area (Å²) in [5.41, 5.74) is 2.56. The Morgan fingerprint density at radius 3 is 2.86 bits per heavy atom. The Kier molecular flexibility index (Phi) is 5.43. The minimum absolute atomic E-state index is 0.0571. The van der Waals surface area contributed by atoms with Gasteiger partial charge in [-0.2, -0.15) is 5.10 Å². The number of nitrogens with one attached hydrogen (secondary N) is 1. The smallest absolute Gasteiger partial charge is 0.254 e. The molecule has 1 atom stereocenters. The molecule has 0 bridgehead atoms. The summed E-state index contributed by atoms with van der Waals surface area (Å²) in [5.74, 6) is 0.306. The van der Waals surface area contributed by atoms with Crippen LogP contribution in [0.4, 0.5) is 0 Å². The lowest BCUT2D eigenvalue weighted by atomic mass is 10.0. The van der Waals surface area contributed by atoms with Gasteiger partial charge in [-0.25, -0.2) is 0 Å². The van der Waals surface area contributed by atoms with Crippen molar-refractivity contribution >= 4 is 11.8 Å². The third kappa shape index (κ3) is 3.94. The van der Waals surface area contributed by atoms with E-state index in [0.717, 1.165) is 37.3 Å². The Balaban J connectivity index is 1.47. The number of aryl methyl sites for hydroxylation is 1. The van der Waals surface area contributed by atoms with Crippen molar-refractivity contribution in [2.75, 3.05) is 26.3 Å². The number of hydrogen-bond donors (Lipinski definition) is 1. The molecule has 7 nitrogen and oxygen atoms in total. The van der Waals surface area contributed by atoms with Crippen LogP contribution in [0.25, 0.3) is 0 Å². The number of fused-ring (bicyclic) bond motifs is 1. The topological polar surface area (TPSA) is 76.5 Å². The van der Waals surface area contributed by atoms with E-state index in [-0.39, 0.29) is 11.8 Å². The van der Waals surface area contributed by atoms with Gasteiger partial charge in [0.25, 0.3) is 5.91 Å². The second-order valence-electron chi connectivity index (χ2n) is 7.64. The van der Waals surface area contributed by atoms with Crippen LogP contribution in [0.15, 0.2) is 36.5 Å². The van der Waals surface area contributed by atoms with Crippen LogP contribution in [0.3, 0.4) is 0 Å². The molecular weight excluding hydrogens is 356 g/mol. The summed E-state index contributed by atoms with van der Waals surface area (Å²) in [6.45, 7) is 4.89. The van der Waals surface area contributed by atoms with E-state index in [1.807, 2.05) is 37.3 Å². The average molecular weight is 382 g/mol. The zero-order chi connectivity index (χ0) is 19.5. The first kappa shape index (κ1) is 18.7. The standard InChI is InChI=1S/C21H26N4O3/c1-15-3-2-4-17(11-15)21(27)24-13-18-5-8-23-25(18)19(14-24)20(26)22-12-16-6-9-28-10-7-16/h2-5,8,11,16,19H,6-7,9-10,12-14H2,1H3,(H,22,26)/t19-/m0/s1. The number of rotatable bonds is 4. The van der Waals surface area contributed by atoms with Gasteiger partial charge < -0.3 is 15.0 Å². The Morgan fingerprint density at radius 2 is 2.07 bits per heavy atom. The zero-order valence-electron chi connectivity index (χ0n) is 16.1. The molecule has 2 aromatic rings. The molecule has 0 aliphatic carbocycles. The van der Waals surface area contributed by atoms with Crippen molar-refractivity contribution in [2.24, 2.45) is 5.92 Å². The first-order valence-corrected chi connectivity index (χ1v) is 9.85. The van der Waals surface area contributed by atoms with Crippen molar-refractivity contribution in [2.45, 2.75) is 32.4 Å². The number of ether oxygens (including phenoxy) is 1. The number of hydrogen-bond acceptors (Lipinski definition) is 4. The maximum absolute atomic E-state index is 13.0. The van der Waals surface area contributed by atoms with Gasteiger partial charge in [0, 0.05) is 31.5 Å². The van der Waals surface area contributed by atoms with Crippen molar-refractivity contribution in [1.29, 1.82) is 0 Å². The number of amides is 2.